The van der Waals surface area contributed by atoms with Gasteiger partial charge in [-0.15, -0.1) is 6.58 Å². The van der Waals surface area contributed by atoms with Crippen LogP contribution in [0.15, 0.2) is 47.9 Å². The van der Waals surface area contributed by atoms with Gasteiger partial charge in [0.25, 0.3) is 0 Å². The third-order valence-corrected chi connectivity index (χ3v) is 7.50. The van der Waals surface area contributed by atoms with Crippen molar-refractivity contribution in [3.63, 3.8) is 0 Å². The number of nitrogens with zero attached hydrogens (tertiary/aromatic N) is 2. The zero-order chi connectivity index (χ0) is 18.6. The van der Waals surface area contributed by atoms with Gasteiger partial charge in [-0.1, -0.05) is 24.3 Å². The van der Waals surface area contributed by atoms with Crippen molar-refractivity contribution in [1.29, 1.82) is 0 Å². The SMILES string of the molecule is C=CCN1CC2(CCC1=O)CCN(CCS(=O)(=O)c1ccccc1)CC2. The molecule has 6 heteroatoms. The molecule has 0 N–H and O–H groups in total. The number of sulfone groups is 1. The largest absolute Gasteiger partial charge is 0.338 e. The average molecular weight is 377 g/mol. The summed E-state index contributed by atoms with van der Waals surface area (Å²) in [4.78, 5) is 16.6. The number of carbonyl (C=O) groups is 1. The van der Waals surface area contributed by atoms with Gasteiger partial charge in [-0.05, 0) is 49.9 Å². The highest BCUT2D eigenvalue weighted by molar-refractivity contribution is 7.91. The maximum Gasteiger partial charge on any atom is 0.222 e. The van der Waals surface area contributed by atoms with Crippen molar-refractivity contribution in [3.05, 3.63) is 43.0 Å². The van der Waals surface area contributed by atoms with Crippen LogP contribution in [-0.2, 0) is 14.6 Å². The second kappa shape index (κ2) is 7.92. The zero-order valence-corrected chi connectivity index (χ0v) is 16.1. The minimum atomic E-state index is -3.22. The predicted octanol–water partition coefficient (Wildman–Crippen LogP) is 2.35. The van der Waals surface area contributed by atoms with Crippen molar-refractivity contribution in [1.82, 2.24) is 9.80 Å². The molecule has 0 aliphatic carbocycles. The maximum absolute atomic E-state index is 12.4. The second-order valence-electron chi connectivity index (χ2n) is 7.54. The predicted molar refractivity (Wildman–Crippen MR) is 103 cm³/mol. The number of hydrogen-bond acceptors (Lipinski definition) is 4. The van der Waals surface area contributed by atoms with Crippen LogP contribution >= 0.6 is 0 Å². The molecule has 3 rings (SSSR count). The number of carbonyl (C=O) groups excluding carboxylic acids is 1. The van der Waals surface area contributed by atoms with Gasteiger partial charge in [-0.25, -0.2) is 8.42 Å². The average Bonchev–Trinajstić information content (AvgIpc) is 2.66. The fraction of sp³-hybridized carbons (Fsp3) is 0.550. The summed E-state index contributed by atoms with van der Waals surface area (Å²) in [5.74, 6) is 0.386. The zero-order valence-electron chi connectivity index (χ0n) is 15.3. The summed E-state index contributed by atoms with van der Waals surface area (Å²) in [6.45, 7) is 7.56. The molecule has 142 valence electrons. The van der Waals surface area contributed by atoms with Crippen LogP contribution in [0, 0.1) is 5.41 Å². The Hall–Kier alpha value is -1.66. The summed E-state index contributed by atoms with van der Waals surface area (Å²) < 4.78 is 24.9. The lowest BCUT2D eigenvalue weighted by atomic mass is 9.72. The number of likely N-dealkylation sites (tertiary alicyclic amines) is 2. The number of hydrogen-bond donors (Lipinski definition) is 0. The molecular formula is C20H28N2O3S. The Balaban J connectivity index is 1.53. The molecule has 5 nitrogen and oxygen atoms in total. The normalized spacial score (nSPS) is 21.1. The molecule has 1 aromatic rings. The van der Waals surface area contributed by atoms with E-state index in [0.717, 1.165) is 38.9 Å². The smallest absolute Gasteiger partial charge is 0.222 e. The van der Waals surface area contributed by atoms with Gasteiger partial charge in [-0.3, -0.25) is 4.79 Å². The third kappa shape index (κ3) is 4.35. The Kier molecular flexibility index (Phi) is 5.82. The number of piperidine rings is 2. The lowest BCUT2D eigenvalue weighted by Gasteiger charge is -2.47. The van der Waals surface area contributed by atoms with Crippen molar-refractivity contribution in [2.24, 2.45) is 5.41 Å². The lowest BCUT2D eigenvalue weighted by Crippen LogP contribution is -2.51. The molecule has 2 heterocycles. The van der Waals surface area contributed by atoms with Crippen LogP contribution in [0.2, 0.25) is 0 Å². The highest BCUT2D eigenvalue weighted by Gasteiger charge is 2.40. The quantitative estimate of drug-likeness (QED) is 0.715. The molecule has 1 amide bonds. The molecule has 0 atom stereocenters. The minimum absolute atomic E-state index is 0.158. The van der Waals surface area contributed by atoms with Gasteiger partial charge in [0.15, 0.2) is 9.84 Å². The molecule has 0 bridgehead atoms. The van der Waals surface area contributed by atoms with Gasteiger partial charge < -0.3 is 9.80 Å². The van der Waals surface area contributed by atoms with E-state index in [9.17, 15) is 13.2 Å². The molecule has 2 fully saturated rings. The van der Waals surface area contributed by atoms with Crippen LogP contribution in [-0.4, -0.2) is 62.6 Å². The van der Waals surface area contributed by atoms with E-state index in [0.29, 0.717) is 24.4 Å². The summed E-state index contributed by atoms with van der Waals surface area (Å²) in [6, 6.07) is 8.67. The van der Waals surface area contributed by atoms with Crippen LogP contribution in [0.4, 0.5) is 0 Å². The minimum Gasteiger partial charge on any atom is -0.338 e. The molecule has 0 saturated carbocycles. The Morgan fingerprint density at radius 1 is 1.12 bits per heavy atom. The first-order chi connectivity index (χ1) is 12.4. The lowest BCUT2D eigenvalue weighted by molar-refractivity contribution is -0.138. The monoisotopic (exact) mass is 376 g/mol. The van der Waals surface area contributed by atoms with E-state index in [1.165, 1.54) is 0 Å². The fourth-order valence-corrected chi connectivity index (χ4v) is 5.38. The van der Waals surface area contributed by atoms with E-state index in [1.54, 1.807) is 30.3 Å². The molecule has 2 aliphatic rings. The highest BCUT2D eigenvalue weighted by atomic mass is 32.2. The van der Waals surface area contributed by atoms with E-state index in [4.69, 9.17) is 0 Å². The van der Waals surface area contributed by atoms with E-state index in [-0.39, 0.29) is 17.1 Å². The standard InChI is InChI=1S/C20H28N2O3S/c1-2-12-22-17-20(9-8-19(22)23)10-13-21(14-11-20)15-16-26(24,25)18-6-4-3-5-7-18/h2-7H,1,8-17H2. The molecule has 2 aliphatic heterocycles. The molecule has 0 unspecified atom stereocenters. The van der Waals surface area contributed by atoms with Gasteiger partial charge in [0, 0.05) is 26.1 Å². The molecule has 0 aromatic heterocycles. The van der Waals surface area contributed by atoms with E-state index in [2.05, 4.69) is 11.5 Å². The van der Waals surface area contributed by atoms with Crippen molar-refractivity contribution in [3.8, 4) is 0 Å². The molecule has 26 heavy (non-hydrogen) atoms. The van der Waals surface area contributed by atoms with Gasteiger partial charge in [0.05, 0.1) is 10.6 Å². The Morgan fingerprint density at radius 2 is 1.81 bits per heavy atom. The Bertz CT molecular complexity index is 738. The van der Waals surface area contributed by atoms with Crippen molar-refractivity contribution in [2.45, 2.75) is 30.6 Å². The van der Waals surface area contributed by atoms with Crippen molar-refractivity contribution < 1.29 is 13.2 Å². The van der Waals surface area contributed by atoms with E-state index < -0.39 is 9.84 Å². The summed E-state index contributed by atoms with van der Waals surface area (Å²) >= 11 is 0. The van der Waals surface area contributed by atoms with Gasteiger partial charge in [-0.2, -0.15) is 0 Å². The number of benzene rings is 1. The van der Waals surface area contributed by atoms with E-state index >= 15 is 0 Å². The summed E-state index contributed by atoms with van der Waals surface area (Å²) in [5, 5.41) is 0. The van der Waals surface area contributed by atoms with Crippen LogP contribution < -0.4 is 0 Å². The Labute approximate surface area is 156 Å². The van der Waals surface area contributed by atoms with E-state index in [1.807, 2.05) is 11.0 Å². The van der Waals surface area contributed by atoms with Gasteiger partial charge in [0.2, 0.25) is 5.91 Å². The molecule has 0 radical (unpaired) electrons. The topological polar surface area (TPSA) is 57.7 Å². The van der Waals surface area contributed by atoms with Crippen molar-refractivity contribution >= 4 is 15.7 Å². The van der Waals surface area contributed by atoms with Gasteiger partial charge in [0.1, 0.15) is 0 Å². The fourth-order valence-electron chi connectivity index (χ4n) is 4.08. The Morgan fingerprint density at radius 3 is 2.46 bits per heavy atom. The number of amides is 1. The first-order valence-corrected chi connectivity index (χ1v) is 11.0. The molecule has 2 saturated heterocycles. The second-order valence-corrected chi connectivity index (χ2v) is 9.65. The van der Waals surface area contributed by atoms with Gasteiger partial charge >= 0.3 is 0 Å². The highest BCUT2D eigenvalue weighted by Crippen LogP contribution is 2.40. The third-order valence-electron chi connectivity index (χ3n) is 5.79. The number of rotatable bonds is 6. The summed E-state index contributed by atoms with van der Waals surface area (Å²) in [6.07, 6.45) is 5.42. The molecule has 1 aromatic carbocycles. The maximum atomic E-state index is 12.4. The van der Waals surface area contributed by atoms with Crippen molar-refractivity contribution in [2.75, 3.05) is 38.5 Å². The summed E-state index contributed by atoms with van der Waals surface area (Å²) in [5.41, 5.74) is 0.200. The van der Waals surface area contributed by atoms with Crippen LogP contribution in [0.1, 0.15) is 25.7 Å². The summed E-state index contributed by atoms with van der Waals surface area (Å²) in [7, 11) is -3.22. The van der Waals surface area contributed by atoms with Crippen LogP contribution in [0.3, 0.4) is 0 Å². The molecular weight excluding hydrogens is 348 g/mol. The van der Waals surface area contributed by atoms with Crippen LogP contribution in [0.5, 0.6) is 0 Å². The van der Waals surface area contributed by atoms with Crippen LogP contribution in [0.25, 0.3) is 0 Å². The molecule has 1 spiro atoms. The first-order valence-electron chi connectivity index (χ1n) is 9.33. The first kappa shape index (κ1) is 19.1.